The normalized spacial score (nSPS) is 10.2. The number of aromatic nitrogens is 3. The third kappa shape index (κ3) is 2.80. The SMILES string of the molecule is Cc1cc(Oc2nn[nH]c2C(=O)OI)ccc1Br. The number of ether oxygens (including phenoxy) is 1. The number of carbonyl (C=O) groups is 1. The van der Waals surface area contributed by atoms with Crippen molar-refractivity contribution in [3.05, 3.63) is 33.9 Å². The van der Waals surface area contributed by atoms with Crippen LogP contribution >= 0.6 is 38.9 Å². The van der Waals surface area contributed by atoms with Gasteiger partial charge >= 0.3 is 5.97 Å². The van der Waals surface area contributed by atoms with E-state index >= 15 is 0 Å². The third-order valence-electron chi connectivity index (χ3n) is 2.13. The van der Waals surface area contributed by atoms with Crippen LogP contribution in [0.5, 0.6) is 11.6 Å². The maximum atomic E-state index is 11.4. The maximum Gasteiger partial charge on any atom is 0.371 e. The van der Waals surface area contributed by atoms with E-state index < -0.39 is 5.97 Å². The summed E-state index contributed by atoms with van der Waals surface area (Å²) < 4.78 is 11.0. The average molecular weight is 424 g/mol. The first-order valence-electron chi connectivity index (χ1n) is 4.80. The zero-order chi connectivity index (χ0) is 13.1. The average Bonchev–Trinajstić information content (AvgIpc) is 2.81. The minimum atomic E-state index is -0.593. The van der Waals surface area contributed by atoms with Gasteiger partial charge in [-0.1, -0.05) is 26.2 Å². The summed E-state index contributed by atoms with van der Waals surface area (Å²) in [5.74, 6) is 0.0509. The number of nitrogens with one attached hydrogen (secondary N) is 1. The zero-order valence-electron chi connectivity index (χ0n) is 9.11. The van der Waals surface area contributed by atoms with Crippen molar-refractivity contribution in [1.29, 1.82) is 0 Å². The molecule has 0 radical (unpaired) electrons. The van der Waals surface area contributed by atoms with Crippen molar-refractivity contribution in [2.45, 2.75) is 6.92 Å². The Hall–Kier alpha value is -1.16. The Morgan fingerprint density at radius 3 is 2.94 bits per heavy atom. The number of carbonyl (C=O) groups excluding carboxylic acids is 1. The zero-order valence-corrected chi connectivity index (χ0v) is 12.9. The molecule has 2 aromatic rings. The van der Waals surface area contributed by atoms with Crippen molar-refractivity contribution in [3.8, 4) is 11.6 Å². The van der Waals surface area contributed by atoms with Crippen molar-refractivity contribution >= 4 is 44.9 Å². The molecule has 18 heavy (non-hydrogen) atoms. The van der Waals surface area contributed by atoms with Gasteiger partial charge < -0.3 is 7.80 Å². The second-order valence-corrected chi connectivity index (χ2v) is 4.66. The molecule has 6 nitrogen and oxygen atoms in total. The molecule has 1 heterocycles. The summed E-state index contributed by atoms with van der Waals surface area (Å²) in [5.41, 5.74) is 1.08. The van der Waals surface area contributed by atoms with Crippen LogP contribution < -0.4 is 4.74 Å². The van der Waals surface area contributed by atoms with E-state index in [4.69, 9.17) is 4.74 Å². The van der Waals surface area contributed by atoms with Crippen LogP contribution in [0, 0.1) is 6.92 Å². The molecule has 0 fully saturated rings. The number of hydrogen-bond acceptors (Lipinski definition) is 5. The van der Waals surface area contributed by atoms with Gasteiger partial charge in [0.05, 0.1) is 0 Å². The predicted molar refractivity (Wildman–Crippen MR) is 74.8 cm³/mol. The summed E-state index contributed by atoms with van der Waals surface area (Å²) in [6, 6.07) is 5.42. The molecule has 0 saturated heterocycles. The highest BCUT2D eigenvalue weighted by Gasteiger charge is 2.18. The first-order valence-corrected chi connectivity index (χ1v) is 6.47. The van der Waals surface area contributed by atoms with Gasteiger partial charge in [-0.2, -0.15) is 0 Å². The third-order valence-corrected chi connectivity index (χ3v) is 3.42. The van der Waals surface area contributed by atoms with Gasteiger partial charge in [-0.15, -0.1) is 0 Å². The Bertz CT molecular complexity index is 587. The number of aryl methyl sites for hydroxylation is 1. The summed E-state index contributed by atoms with van der Waals surface area (Å²) in [4.78, 5) is 11.4. The van der Waals surface area contributed by atoms with Crippen LogP contribution in [0.3, 0.4) is 0 Å². The topological polar surface area (TPSA) is 77.1 Å². The molecule has 0 bridgehead atoms. The van der Waals surface area contributed by atoms with Crippen LogP contribution in [0.25, 0.3) is 0 Å². The number of benzene rings is 1. The number of aromatic amines is 1. The van der Waals surface area contributed by atoms with Gasteiger partial charge in [-0.25, -0.2) is 9.89 Å². The van der Waals surface area contributed by atoms with Crippen molar-refractivity contribution in [2.75, 3.05) is 0 Å². The molecule has 0 aliphatic carbocycles. The van der Waals surface area contributed by atoms with E-state index in [1.165, 1.54) is 23.0 Å². The number of halogens is 2. The number of H-pyrrole nitrogens is 1. The Kier molecular flexibility index (Phi) is 4.17. The first-order chi connectivity index (χ1) is 8.61. The molecule has 8 heteroatoms. The second-order valence-electron chi connectivity index (χ2n) is 3.37. The highest BCUT2D eigenvalue weighted by Crippen LogP contribution is 2.26. The lowest BCUT2D eigenvalue weighted by Crippen LogP contribution is -2.01. The molecule has 2 rings (SSSR count). The van der Waals surface area contributed by atoms with Gasteiger partial charge in [0.1, 0.15) is 5.75 Å². The van der Waals surface area contributed by atoms with E-state index in [2.05, 4.69) is 34.4 Å². The van der Waals surface area contributed by atoms with Gasteiger partial charge in [0.15, 0.2) is 23.0 Å². The van der Waals surface area contributed by atoms with E-state index in [1.807, 2.05) is 19.1 Å². The van der Waals surface area contributed by atoms with E-state index in [0.717, 1.165) is 10.0 Å². The van der Waals surface area contributed by atoms with E-state index in [-0.39, 0.29) is 11.6 Å². The molecule has 0 atom stereocenters. The van der Waals surface area contributed by atoms with Crippen LogP contribution in [0.4, 0.5) is 0 Å². The molecule has 0 saturated carbocycles. The summed E-state index contributed by atoms with van der Waals surface area (Å²) in [6.07, 6.45) is 0. The minimum Gasteiger partial charge on any atom is -0.436 e. The smallest absolute Gasteiger partial charge is 0.371 e. The second kappa shape index (κ2) is 5.65. The van der Waals surface area contributed by atoms with Crippen LogP contribution in [0.1, 0.15) is 16.1 Å². The van der Waals surface area contributed by atoms with Gasteiger partial charge in [0.2, 0.25) is 5.69 Å². The molecular weight excluding hydrogens is 417 g/mol. The largest absolute Gasteiger partial charge is 0.436 e. The predicted octanol–water partition coefficient (Wildman–Crippen LogP) is 3.17. The highest BCUT2D eigenvalue weighted by atomic mass is 127. The van der Waals surface area contributed by atoms with Gasteiger partial charge in [0.25, 0.3) is 5.88 Å². The van der Waals surface area contributed by atoms with Crippen molar-refractivity contribution in [1.82, 2.24) is 15.4 Å². The van der Waals surface area contributed by atoms with Crippen molar-refractivity contribution in [3.63, 3.8) is 0 Å². The lowest BCUT2D eigenvalue weighted by atomic mass is 10.2. The fourth-order valence-electron chi connectivity index (χ4n) is 1.25. The lowest BCUT2D eigenvalue weighted by Gasteiger charge is -2.05. The highest BCUT2D eigenvalue weighted by molar-refractivity contribution is 14.1. The number of hydrogen-bond donors (Lipinski definition) is 1. The summed E-state index contributed by atoms with van der Waals surface area (Å²) in [7, 11) is 0. The summed E-state index contributed by atoms with van der Waals surface area (Å²) >= 11 is 4.88. The Morgan fingerprint density at radius 2 is 2.28 bits per heavy atom. The van der Waals surface area contributed by atoms with Crippen LogP contribution in [0.2, 0.25) is 0 Å². The standard InChI is InChI=1S/C10H7BrIN3O3/c1-5-4-6(2-3-7(5)11)17-9-8(10(16)18-12)13-15-14-9/h2-4H,1H3,(H,13,14,15). The number of rotatable bonds is 3. The van der Waals surface area contributed by atoms with Crippen molar-refractivity contribution in [2.24, 2.45) is 0 Å². The summed E-state index contributed by atoms with van der Waals surface area (Å²) in [6.45, 7) is 1.93. The molecule has 1 aromatic heterocycles. The van der Waals surface area contributed by atoms with Gasteiger partial charge in [-0.05, 0) is 30.7 Å². The monoisotopic (exact) mass is 423 g/mol. The molecule has 0 amide bonds. The minimum absolute atomic E-state index is 0.0740. The van der Waals surface area contributed by atoms with Crippen LogP contribution in [0.15, 0.2) is 22.7 Å². The molecule has 94 valence electrons. The fraction of sp³-hybridized carbons (Fsp3) is 0.100. The van der Waals surface area contributed by atoms with E-state index in [9.17, 15) is 4.79 Å². The van der Waals surface area contributed by atoms with E-state index in [1.54, 1.807) is 6.07 Å². The summed E-state index contributed by atoms with van der Waals surface area (Å²) in [5, 5.41) is 9.63. The molecule has 0 spiro atoms. The van der Waals surface area contributed by atoms with Gasteiger partial charge in [-0.3, -0.25) is 0 Å². The first kappa shape index (κ1) is 13.3. The fourth-order valence-corrected chi connectivity index (χ4v) is 1.72. The van der Waals surface area contributed by atoms with Crippen molar-refractivity contribution < 1.29 is 12.6 Å². The molecule has 0 unspecified atom stereocenters. The van der Waals surface area contributed by atoms with Crippen LogP contribution in [-0.4, -0.2) is 21.4 Å². The molecule has 0 aliphatic rings. The molecule has 1 N–H and O–H groups in total. The quantitative estimate of drug-likeness (QED) is 0.767. The molecular formula is C10H7BrIN3O3. The molecule has 0 aliphatic heterocycles. The Morgan fingerprint density at radius 1 is 1.50 bits per heavy atom. The maximum absolute atomic E-state index is 11.4. The Balaban J connectivity index is 2.26. The number of nitrogens with zero attached hydrogens (tertiary/aromatic N) is 2. The molecule has 1 aromatic carbocycles. The van der Waals surface area contributed by atoms with Gasteiger partial charge in [0, 0.05) is 4.47 Å². The Labute approximate surface area is 125 Å². The van der Waals surface area contributed by atoms with E-state index in [0.29, 0.717) is 5.75 Å². The lowest BCUT2D eigenvalue weighted by molar-refractivity contribution is 0.0791. The van der Waals surface area contributed by atoms with Crippen LogP contribution in [-0.2, 0) is 3.07 Å².